The maximum Gasteiger partial charge on any atom is 0.128 e. The summed E-state index contributed by atoms with van der Waals surface area (Å²) >= 11 is 3.38. The van der Waals surface area contributed by atoms with E-state index >= 15 is 0 Å². The molecule has 5 heteroatoms. The van der Waals surface area contributed by atoms with Crippen LogP contribution in [-0.4, -0.2) is 24.6 Å². The van der Waals surface area contributed by atoms with Crippen molar-refractivity contribution in [2.24, 2.45) is 5.16 Å². The van der Waals surface area contributed by atoms with Crippen LogP contribution in [0.1, 0.15) is 36.5 Å². The monoisotopic (exact) mass is 391 g/mol. The molecule has 0 atom stereocenters. The number of rotatable bonds is 7. The minimum atomic E-state index is 0.402. The molecule has 2 rings (SSSR count). The van der Waals surface area contributed by atoms with Gasteiger partial charge in [-0.25, -0.2) is 0 Å². The molecule has 0 aliphatic rings. The van der Waals surface area contributed by atoms with E-state index in [9.17, 15) is 0 Å². The Kier molecular flexibility index (Phi) is 6.67. The lowest BCUT2D eigenvalue weighted by molar-refractivity contribution is 0.217. The average Bonchev–Trinajstić information content (AvgIpc) is 2.53. The van der Waals surface area contributed by atoms with Gasteiger partial charge in [0.2, 0.25) is 0 Å². The van der Waals surface area contributed by atoms with Crippen LogP contribution in [0.25, 0.3) is 0 Å². The van der Waals surface area contributed by atoms with Gasteiger partial charge in [-0.2, -0.15) is 0 Å². The Balaban J connectivity index is 1.90. The van der Waals surface area contributed by atoms with Gasteiger partial charge in [-0.3, -0.25) is 0 Å². The summed E-state index contributed by atoms with van der Waals surface area (Å²) in [6.45, 7) is 7.30. The van der Waals surface area contributed by atoms with Gasteiger partial charge < -0.3 is 14.7 Å². The molecule has 0 heterocycles. The van der Waals surface area contributed by atoms with Gasteiger partial charge in [-0.15, -0.1) is 0 Å². The van der Waals surface area contributed by atoms with Crippen LogP contribution in [0.2, 0.25) is 0 Å². The van der Waals surface area contributed by atoms with E-state index in [0.717, 1.165) is 10.2 Å². The van der Waals surface area contributed by atoms with Gasteiger partial charge in [0.25, 0.3) is 0 Å². The highest BCUT2D eigenvalue weighted by Gasteiger charge is 2.06. The largest absolute Gasteiger partial charge is 0.490 e. The molecule has 2 aromatic rings. The number of nitrogens with zero attached hydrogens (tertiary/aromatic N) is 1. The van der Waals surface area contributed by atoms with Crippen molar-refractivity contribution < 1.29 is 14.7 Å². The minimum Gasteiger partial charge on any atom is -0.490 e. The van der Waals surface area contributed by atoms with Crippen molar-refractivity contribution in [3.05, 3.63) is 57.6 Å². The van der Waals surface area contributed by atoms with Gasteiger partial charge in [-0.05, 0) is 54.3 Å². The van der Waals surface area contributed by atoms with Crippen molar-refractivity contribution in [1.29, 1.82) is 0 Å². The molecule has 4 nitrogen and oxygen atoms in total. The molecule has 0 aliphatic carbocycles. The van der Waals surface area contributed by atoms with Crippen molar-refractivity contribution in [2.45, 2.75) is 26.7 Å². The fourth-order valence-electron chi connectivity index (χ4n) is 2.51. The molecule has 0 bridgehead atoms. The van der Waals surface area contributed by atoms with E-state index in [0.29, 0.717) is 30.4 Å². The predicted molar refractivity (Wildman–Crippen MR) is 99.8 cm³/mol. The van der Waals surface area contributed by atoms with Crippen LogP contribution < -0.4 is 9.47 Å². The van der Waals surface area contributed by atoms with Crippen LogP contribution in [-0.2, 0) is 0 Å². The normalized spacial score (nSPS) is 11.2. The summed E-state index contributed by atoms with van der Waals surface area (Å²) in [5.41, 5.74) is 3.27. The number of oxime groups is 1. The summed E-state index contributed by atoms with van der Waals surface area (Å²) in [5.74, 6) is 1.99. The zero-order valence-electron chi connectivity index (χ0n) is 14.1. The molecule has 24 heavy (non-hydrogen) atoms. The maximum absolute atomic E-state index is 8.72. The predicted octanol–water partition coefficient (Wildman–Crippen LogP) is 5.15. The Morgan fingerprint density at radius 1 is 1.12 bits per heavy atom. The fraction of sp³-hybridized carbons (Fsp3) is 0.316. The first-order valence-electron chi connectivity index (χ1n) is 7.84. The van der Waals surface area contributed by atoms with E-state index < -0.39 is 0 Å². The second-order valence-electron chi connectivity index (χ2n) is 5.80. The SMILES string of the molecule is Cc1cc(OCCOc2ccc(Br)cc2C=NO)ccc1C(C)C. The van der Waals surface area contributed by atoms with E-state index in [1.807, 2.05) is 24.3 Å². The molecule has 0 saturated carbocycles. The minimum absolute atomic E-state index is 0.402. The summed E-state index contributed by atoms with van der Waals surface area (Å²) in [5, 5.41) is 11.8. The van der Waals surface area contributed by atoms with Crippen LogP contribution in [0, 0.1) is 6.92 Å². The molecule has 128 valence electrons. The highest BCUT2D eigenvalue weighted by atomic mass is 79.9. The van der Waals surface area contributed by atoms with Crippen molar-refractivity contribution >= 4 is 22.1 Å². The van der Waals surface area contributed by atoms with Gasteiger partial charge >= 0.3 is 0 Å². The molecule has 0 aromatic heterocycles. The van der Waals surface area contributed by atoms with Crippen molar-refractivity contribution in [3.8, 4) is 11.5 Å². The molecule has 2 aromatic carbocycles. The zero-order chi connectivity index (χ0) is 17.5. The number of hydrogen-bond donors (Lipinski definition) is 1. The van der Waals surface area contributed by atoms with E-state index in [1.165, 1.54) is 17.3 Å². The lowest BCUT2D eigenvalue weighted by atomic mass is 9.98. The number of hydrogen-bond acceptors (Lipinski definition) is 4. The number of benzene rings is 2. The summed E-state index contributed by atoms with van der Waals surface area (Å²) in [6.07, 6.45) is 1.34. The maximum atomic E-state index is 8.72. The van der Waals surface area contributed by atoms with E-state index in [1.54, 1.807) is 0 Å². The van der Waals surface area contributed by atoms with Crippen LogP contribution in [0.3, 0.4) is 0 Å². The van der Waals surface area contributed by atoms with Crippen molar-refractivity contribution in [1.82, 2.24) is 0 Å². The third kappa shape index (κ3) is 4.99. The first kappa shape index (κ1) is 18.3. The summed E-state index contributed by atoms with van der Waals surface area (Å²) in [4.78, 5) is 0. The third-order valence-electron chi connectivity index (χ3n) is 3.64. The van der Waals surface area contributed by atoms with E-state index in [2.05, 4.69) is 54.0 Å². The molecule has 0 radical (unpaired) electrons. The highest BCUT2D eigenvalue weighted by molar-refractivity contribution is 9.10. The first-order valence-corrected chi connectivity index (χ1v) is 8.63. The Morgan fingerprint density at radius 3 is 2.54 bits per heavy atom. The van der Waals surface area contributed by atoms with E-state index in [4.69, 9.17) is 14.7 Å². The van der Waals surface area contributed by atoms with Crippen molar-refractivity contribution in [3.63, 3.8) is 0 Å². The van der Waals surface area contributed by atoms with Gasteiger partial charge in [0.1, 0.15) is 24.7 Å². The summed E-state index contributed by atoms with van der Waals surface area (Å²) in [6, 6.07) is 11.7. The third-order valence-corrected chi connectivity index (χ3v) is 4.13. The van der Waals surface area contributed by atoms with E-state index in [-0.39, 0.29) is 0 Å². The van der Waals surface area contributed by atoms with Gasteiger partial charge in [0, 0.05) is 10.0 Å². The summed E-state index contributed by atoms with van der Waals surface area (Å²) in [7, 11) is 0. The summed E-state index contributed by atoms with van der Waals surface area (Å²) < 4.78 is 12.4. The van der Waals surface area contributed by atoms with Crippen LogP contribution >= 0.6 is 15.9 Å². The Hall–Kier alpha value is -2.01. The second-order valence-corrected chi connectivity index (χ2v) is 6.71. The smallest absolute Gasteiger partial charge is 0.128 e. The van der Waals surface area contributed by atoms with Gasteiger partial charge in [0.15, 0.2) is 0 Å². The Labute approximate surface area is 151 Å². The Morgan fingerprint density at radius 2 is 1.88 bits per heavy atom. The number of aryl methyl sites for hydroxylation is 1. The number of halogens is 1. The lowest BCUT2D eigenvalue weighted by Gasteiger charge is -2.13. The zero-order valence-corrected chi connectivity index (χ0v) is 15.7. The number of ether oxygens (including phenoxy) is 2. The quantitative estimate of drug-likeness (QED) is 0.307. The molecule has 0 unspecified atom stereocenters. The molecule has 1 N–H and O–H groups in total. The molecular formula is C19H22BrNO3. The lowest BCUT2D eigenvalue weighted by Crippen LogP contribution is -2.10. The average molecular weight is 392 g/mol. The molecule has 0 aliphatic heterocycles. The van der Waals surface area contributed by atoms with Crippen LogP contribution in [0.5, 0.6) is 11.5 Å². The van der Waals surface area contributed by atoms with Gasteiger partial charge in [-0.1, -0.05) is 41.0 Å². The molecular weight excluding hydrogens is 370 g/mol. The Bertz CT molecular complexity index is 714. The molecule has 0 saturated heterocycles. The fourth-order valence-corrected chi connectivity index (χ4v) is 2.89. The molecule has 0 spiro atoms. The molecule has 0 fully saturated rings. The topological polar surface area (TPSA) is 51.0 Å². The highest BCUT2D eigenvalue weighted by Crippen LogP contribution is 2.24. The van der Waals surface area contributed by atoms with Crippen LogP contribution in [0.15, 0.2) is 46.0 Å². The van der Waals surface area contributed by atoms with Gasteiger partial charge in [0.05, 0.1) is 6.21 Å². The second kappa shape index (κ2) is 8.73. The molecule has 0 amide bonds. The standard InChI is InChI=1S/C19H22BrNO3/c1-13(2)18-6-5-17(10-14(18)3)23-8-9-24-19-7-4-16(20)11-15(19)12-21-22/h4-7,10-13,22H,8-9H2,1-3H3. The van der Waals surface area contributed by atoms with Crippen molar-refractivity contribution in [2.75, 3.05) is 13.2 Å². The van der Waals surface area contributed by atoms with Crippen LogP contribution in [0.4, 0.5) is 0 Å². The first-order chi connectivity index (χ1) is 11.5.